The van der Waals surface area contributed by atoms with Crippen LogP contribution < -0.4 is 5.73 Å². The molecule has 0 aliphatic carbocycles. The number of anilines is 1. The zero-order valence-electron chi connectivity index (χ0n) is 11.7. The zero-order valence-corrected chi connectivity index (χ0v) is 11.7. The van der Waals surface area contributed by atoms with Gasteiger partial charge in [-0.25, -0.2) is 4.98 Å². The zero-order chi connectivity index (χ0) is 14.0. The van der Waals surface area contributed by atoms with Crippen molar-refractivity contribution >= 4 is 5.82 Å². The van der Waals surface area contributed by atoms with Crippen molar-refractivity contribution < 1.29 is 0 Å². The molecule has 1 aromatic heterocycles. The van der Waals surface area contributed by atoms with Gasteiger partial charge >= 0.3 is 0 Å². The molecule has 1 heterocycles. The highest BCUT2D eigenvalue weighted by Gasteiger charge is 2.14. The van der Waals surface area contributed by atoms with Crippen LogP contribution in [0.3, 0.4) is 0 Å². The van der Waals surface area contributed by atoms with E-state index < -0.39 is 0 Å². The summed E-state index contributed by atoms with van der Waals surface area (Å²) in [6, 6.07) is 6.34. The molecule has 3 heteroatoms. The van der Waals surface area contributed by atoms with Crippen LogP contribution in [-0.2, 0) is 13.0 Å². The number of hydrogen-bond donors (Lipinski definition) is 1. The van der Waals surface area contributed by atoms with E-state index in [4.69, 9.17) is 12.2 Å². The van der Waals surface area contributed by atoms with Crippen LogP contribution >= 0.6 is 0 Å². The Morgan fingerprint density at radius 2 is 1.89 bits per heavy atom. The van der Waals surface area contributed by atoms with Crippen molar-refractivity contribution in [2.75, 3.05) is 5.73 Å². The van der Waals surface area contributed by atoms with Gasteiger partial charge in [-0.2, -0.15) is 0 Å². The van der Waals surface area contributed by atoms with E-state index in [-0.39, 0.29) is 0 Å². The third-order valence-electron chi connectivity index (χ3n) is 3.15. The number of nitrogen functional groups attached to an aromatic ring is 1. The maximum absolute atomic E-state index is 6.20. The van der Waals surface area contributed by atoms with Gasteiger partial charge in [-0.15, -0.1) is 6.42 Å². The first-order valence-electron chi connectivity index (χ1n) is 6.43. The van der Waals surface area contributed by atoms with Crippen molar-refractivity contribution in [1.82, 2.24) is 9.55 Å². The van der Waals surface area contributed by atoms with Crippen LogP contribution in [0.15, 0.2) is 18.2 Å². The molecule has 0 saturated heterocycles. The first kappa shape index (κ1) is 13.2. The Morgan fingerprint density at radius 3 is 2.42 bits per heavy atom. The average Bonchev–Trinajstić information content (AvgIpc) is 2.66. The number of aryl methyl sites for hydroxylation is 3. The first-order chi connectivity index (χ1) is 9.06. The summed E-state index contributed by atoms with van der Waals surface area (Å²) in [4.78, 5) is 4.64. The molecule has 0 bridgehead atoms. The SMILES string of the molecule is C#CCn1c(CC)nc(-c2cc(C)cc(C)c2)c1N. The summed E-state index contributed by atoms with van der Waals surface area (Å²) in [7, 11) is 0. The maximum Gasteiger partial charge on any atom is 0.132 e. The lowest BCUT2D eigenvalue weighted by Crippen LogP contribution is -2.05. The fourth-order valence-electron chi connectivity index (χ4n) is 2.38. The predicted octanol–water partition coefficient (Wildman–Crippen LogP) is 2.94. The Hall–Kier alpha value is -2.21. The molecular weight excluding hydrogens is 234 g/mol. The highest BCUT2D eigenvalue weighted by atomic mass is 15.1. The summed E-state index contributed by atoms with van der Waals surface area (Å²) in [6.45, 7) is 6.67. The van der Waals surface area contributed by atoms with Crippen LogP contribution in [-0.4, -0.2) is 9.55 Å². The second-order valence-corrected chi connectivity index (χ2v) is 4.78. The van der Waals surface area contributed by atoms with Crippen molar-refractivity contribution in [3.05, 3.63) is 35.2 Å². The molecule has 2 N–H and O–H groups in total. The summed E-state index contributed by atoms with van der Waals surface area (Å²) in [5.74, 6) is 4.22. The van der Waals surface area contributed by atoms with Crippen LogP contribution in [0.5, 0.6) is 0 Å². The highest BCUT2D eigenvalue weighted by molar-refractivity contribution is 5.72. The monoisotopic (exact) mass is 253 g/mol. The summed E-state index contributed by atoms with van der Waals surface area (Å²) in [5, 5.41) is 0. The molecule has 0 amide bonds. The lowest BCUT2D eigenvalue weighted by atomic mass is 10.1. The quantitative estimate of drug-likeness (QED) is 0.855. The molecule has 0 aliphatic rings. The molecule has 0 atom stereocenters. The van der Waals surface area contributed by atoms with E-state index in [2.05, 4.69) is 49.9 Å². The number of rotatable bonds is 3. The standard InChI is InChI=1S/C16H19N3/c1-5-7-19-14(6-2)18-15(16(19)17)13-9-11(3)8-12(4)10-13/h1,8-10H,6-7,17H2,2-4H3. The van der Waals surface area contributed by atoms with Crippen molar-refractivity contribution in [2.24, 2.45) is 0 Å². The molecule has 1 aromatic carbocycles. The Labute approximate surface area is 114 Å². The van der Waals surface area contributed by atoms with Gasteiger partial charge in [-0.1, -0.05) is 30.0 Å². The molecule has 0 spiro atoms. The van der Waals surface area contributed by atoms with E-state index in [1.165, 1.54) is 11.1 Å². The number of aromatic nitrogens is 2. The highest BCUT2D eigenvalue weighted by Crippen LogP contribution is 2.28. The fraction of sp³-hybridized carbons (Fsp3) is 0.312. The molecule has 2 aromatic rings. The minimum absolute atomic E-state index is 0.465. The van der Waals surface area contributed by atoms with Gasteiger partial charge in [0.1, 0.15) is 17.3 Å². The largest absolute Gasteiger partial charge is 0.383 e. The predicted molar refractivity (Wildman–Crippen MR) is 79.8 cm³/mol. The smallest absolute Gasteiger partial charge is 0.132 e. The molecule has 0 radical (unpaired) electrons. The molecule has 0 fully saturated rings. The molecule has 19 heavy (non-hydrogen) atoms. The number of terminal acetylenes is 1. The third-order valence-corrected chi connectivity index (χ3v) is 3.15. The lowest BCUT2D eigenvalue weighted by molar-refractivity contribution is 0.769. The summed E-state index contributed by atoms with van der Waals surface area (Å²) < 4.78 is 1.91. The van der Waals surface area contributed by atoms with Crippen LogP contribution in [0, 0.1) is 26.2 Å². The van der Waals surface area contributed by atoms with Gasteiger partial charge in [0.15, 0.2) is 0 Å². The van der Waals surface area contributed by atoms with E-state index in [1.807, 2.05) is 4.57 Å². The van der Waals surface area contributed by atoms with Gasteiger partial charge in [0.25, 0.3) is 0 Å². The molecule has 2 rings (SSSR count). The number of nitrogens with two attached hydrogens (primary N) is 1. The number of benzene rings is 1. The number of imidazole rings is 1. The Balaban J connectivity index is 2.60. The van der Waals surface area contributed by atoms with Gasteiger partial charge in [0.2, 0.25) is 0 Å². The summed E-state index contributed by atoms with van der Waals surface area (Å²) in [5.41, 5.74) is 10.5. The van der Waals surface area contributed by atoms with Gasteiger partial charge in [0, 0.05) is 12.0 Å². The van der Waals surface area contributed by atoms with E-state index >= 15 is 0 Å². The molecular formula is C16H19N3. The molecule has 3 nitrogen and oxygen atoms in total. The van der Waals surface area contributed by atoms with Gasteiger partial charge in [-0.05, 0) is 26.0 Å². The normalized spacial score (nSPS) is 10.4. The van der Waals surface area contributed by atoms with Gasteiger partial charge in [-0.3, -0.25) is 0 Å². The van der Waals surface area contributed by atoms with Gasteiger partial charge in [0.05, 0.1) is 6.54 Å². The Morgan fingerprint density at radius 1 is 1.26 bits per heavy atom. The second kappa shape index (κ2) is 5.19. The number of nitrogens with zero attached hydrogens (tertiary/aromatic N) is 2. The lowest BCUT2D eigenvalue weighted by Gasteiger charge is -2.05. The minimum Gasteiger partial charge on any atom is -0.383 e. The van der Waals surface area contributed by atoms with Crippen LogP contribution in [0.2, 0.25) is 0 Å². The van der Waals surface area contributed by atoms with E-state index in [0.717, 1.165) is 23.5 Å². The van der Waals surface area contributed by atoms with E-state index in [9.17, 15) is 0 Å². The molecule has 0 aliphatic heterocycles. The molecule has 0 unspecified atom stereocenters. The Kier molecular flexibility index (Phi) is 3.62. The molecule has 98 valence electrons. The van der Waals surface area contributed by atoms with E-state index in [0.29, 0.717) is 12.4 Å². The first-order valence-corrected chi connectivity index (χ1v) is 6.43. The van der Waals surface area contributed by atoms with Crippen LogP contribution in [0.4, 0.5) is 5.82 Å². The van der Waals surface area contributed by atoms with Crippen molar-refractivity contribution in [2.45, 2.75) is 33.7 Å². The topological polar surface area (TPSA) is 43.8 Å². The maximum atomic E-state index is 6.20. The second-order valence-electron chi connectivity index (χ2n) is 4.78. The third kappa shape index (κ3) is 2.48. The summed E-state index contributed by atoms with van der Waals surface area (Å²) >= 11 is 0. The minimum atomic E-state index is 0.465. The van der Waals surface area contributed by atoms with E-state index in [1.54, 1.807) is 0 Å². The van der Waals surface area contributed by atoms with Crippen molar-refractivity contribution in [3.8, 4) is 23.6 Å². The number of hydrogen-bond acceptors (Lipinski definition) is 2. The Bertz CT molecular complexity index is 624. The van der Waals surface area contributed by atoms with Crippen molar-refractivity contribution in [3.63, 3.8) is 0 Å². The van der Waals surface area contributed by atoms with Crippen LogP contribution in [0.1, 0.15) is 23.9 Å². The van der Waals surface area contributed by atoms with Crippen LogP contribution in [0.25, 0.3) is 11.3 Å². The van der Waals surface area contributed by atoms with Gasteiger partial charge < -0.3 is 10.3 Å². The average molecular weight is 253 g/mol. The van der Waals surface area contributed by atoms with Crippen molar-refractivity contribution in [1.29, 1.82) is 0 Å². The summed E-state index contributed by atoms with van der Waals surface area (Å²) in [6.07, 6.45) is 6.21. The molecule has 0 saturated carbocycles. The fourth-order valence-corrected chi connectivity index (χ4v) is 2.38.